The van der Waals surface area contributed by atoms with Gasteiger partial charge in [0.2, 0.25) is 5.78 Å². The molecule has 1 rings (SSSR count). The minimum Gasteiger partial charge on any atom is -0.466 e. The van der Waals surface area contributed by atoms with Gasteiger partial charge in [-0.1, -0.05) is 225 Å². The van der Waals surface area contributed by atoms with E-state index < -0.39 is 11.7 Å². The Morgan fingerprint density at radius 1 is 0.477 bits per heavy atom. The van der Waals surface area contributed by atoms with Crippen molar-refractivity contribution in [2.24, 2.45) is 11.8 Å². The molecule has 1 amide bonds. The van der Waals surface area contributed by atoms with E-state index in [0.717, 1.165) is 122 Å². The van der Waals surface area contributed by atoms with Gasteiger partial charge >= 0.3 is 11.9 Å². The highest BCUT2D eigenvalue weighted by atomic mass is 16.5. The Labute approximate surface area is 400 Å². The summed E-state index contributed by atoms with van der Waals surface area (Å²) in [5, 5.41) is 2.84. The minimum absolute atomic E-state index is 0.0208. The number of carbonyl (C=O) groups is 4. The van der Waals surface area contributed by atoms with Crippen LogP contribution in [0.25, 0.3) is 0 Å². The van der Waals surface area contributed by atoms with E-state index in [1.807, 2.05) is 6.07 Å². The maximum absolute atomic E-state index is 13.1. The summed E-state index contributed by atoms with van der Waals surface area (Å²) in [7, 11) is 0. The lowest BCUT2D eigenvalue weighted by molar-refractivity contribution is -0.149. The van der Waals surface area contributed by atoms with Crippen molar-refractivity contribution in [1.29, 1.82) is 0 Å². The maximum atomic E-state index is 13.1. The third kappa shape index (κ3) is 36.0. The molecule has 65 heavy (non-hydrogen) atoms. The summed E-state index contributed by atoms with van der Waals surface area (Å²) in [6.45, 7) is 13.4. The van der Waals surface area contributed by atoms with Crippen LogP contribution >= 0.6 is 0 Å². The fraction of sp³-hybridized carbons (Fsp3) is 0.825. The molecule has 1 aromatic rings. The van der Waals surface area contributed by atoms with Gasteiger partial charge in [0.1, 0.15) is 0 Å². The molecular formula is C57H102N2O6. The van der Waals surface area contributed by atoms with Crippen LogP contribution in [0.3, 0.4) is 0 Å². The SMILES string of the molecule is CCCCCCCCC(CCCCCC)C(=O)OCCCCCCCN(CCCCCCCOC(=O)CCC(CCCCCC)CCCCCC)CCCNC(=O)C(=O)c1ccccc1. The fourth-order valence-electron chi connectivity index (χ4n) is 8.97. The molecule has 0 spiro atoms. The first-order valence-electron chi connectivity index (χ1n) is 27.8. The second kappa shape index (κ2) is 45.1. The van der Waals surface area contributed by atoms with Crippen molar-refractivity contribution in [2.45, 2.75) is 252 Å². The first-order valence-corrected chi connectivity index (χ1v) is 27.8. The summed E-state index contributed by atoms with van der Waals surface area (Å²) >= 11 is 0. The molecule has 0 aliphatic heterocycles. The number of hydrogen-bond donors (Lipinski definition) is 1. The van der Waals surface area contributed by atoms with E-state index in [1.165, 1.54) is 116 Å². The van der Waals surface area contributed by atoms with Gasteiger partial charge in [-0.3, -0.25) is 19.2 Å². The van der Waals surface area contributed by atoms with Gasteiger partial charge in [-0.05, 0) is 76.9 Å². The number of carbonyl (C=O) groups excluding carboxylic acids is 4. The zero-order valence-corrected chi connectivity index (χ0v) is 42.9. The van der Waals surface area contributed by atoms with Crippen LogP contribution in [0.15, 0.2) is 30.3 Å². The zero-order chi connectivity index (χ0) is 47.3. The largest absolute Gasteiger partial charge is 0.466 e. The van der Waals surface area contributed by atoms with E-state index >= 15 is 0 Å². The van der Waals surface area contributed by atoms with Gasteiger partial charge in [0.25, 0.3) is 5.91 Å². The van der Waals surface area contributed by atoms with Gasteiger partial charge in [0.05, 0.1) is 19.1 Å². The predicted molar refractivity (Wildman–Crippen MR) is 273 cm³/mol. The molecule has 0 radical (unpaired) electrons. The molecule has 1 unspecified atom stereocenters. The average Bonchev–Trinajstić information content (AvgIpc) is 3.32. The summed E-state index contributed by atoms with van der Waals surface area (Å²) in [6.07, 6.45) is 40.2. The van der Waals surface area contributed by atoms with Crippen LogP contribution < -0.4 is 5.32 Å². The molecule has 8 heteroatoms. The number of nitrogens with zero attached hydrogens (tertiary/aromatic N) is 1. The lowest BCUT2D eigenvalue weighted by Gasteiger charge is -2.22. The number of amides is 1. The van der Waals surface area contributed by atoms with Crippen LogP contribution in [0.2, 0.25) is 0 Å². The smallest absolute Gasteiger partial charge is 0.308 e. The Balaban J connectivity index is 2.44. The molecule has 0 saturated carbocycles. The van der Waals surface area contributed by atoms with Crippen molar-refractivity contribution in [3.05, 3.63) is 35.9 Å². The Hall–Kier alpha value is -2.74. The summed E-state index contributed by atoms with van der Waals surface area (Å²) in [6, 6.07) is 8.73. The highest BCUT2D eigenvalue weighted by Gasteiger charge is 2.20. The molecule has 0 heterocycles. The Morgan fingerprint density at radius 2 is 0.908 bits per heavy atom. The van der Waals surface area contributed by atoms with Crippen molar-refractivity contribution in [3.8, 4) is 0 Å². The van der Waals surface area contributed by atoms with Gasteiger partial charge in [-0.25, -0.2) is 0 Å². The molecule has 376 valence electrons. The molecule has 1 aromatic carbocycles. The van der Waals surface area contributed by atoms with Crippen molar-refractivity contribution in [1.82, 2.24) is 10.2 Å². The van der Waals surface area contributed by atoms with Gasteiger partial charge in [0, 0.05) is 18.5 Å². The lowest BCUT2D eigenvalue weighted by atomic mass is 9.90. The van der Waals surface area contributed by atoms with E-state index in [0.29, 0.717) is 37.7 Å². The Kier molecular flexibility index (Phi) is 41.8. The third-order valence-corrected chi connectivity index (χ3v) is 13.3. The second-order valence-corrected chi connectivity index (χ2v) is 19.3. The van der Waals surface area contributed by atoms with Crippen molar-refractivity contribution in [2.75, 3.05) is 39.4 Å². The molecule has 0 fully saturated rings. The first kappa shape index (κ1) is 60.3. The minimum atomic E-state index is -0.542. The van der Waals surface area contributed by atoms with Gasteiger partial charge in [-0.15, -0.1) is 0 Å². The molecule has 1 atom stereocenters. The molecule has 0 bridgehead atoms. The second-order valence-electron chi connectivity index (χ2n) is 19.3. The first-order chi connectivity index (χ1) is 31.9. The van der Waals surface area contributed by atoms with Crippen molar-refractivity contribution >= 4 is 23.6 Å². The van der Waals surface area contributed by atoms with E-state index in [2.05, 4.69) is 37.9 Å². The molecule has 8 nitrogen and oxygen atoms in total. The van der Waals surface area contributed by atoms with Gasteiger partial charge < -0.3 is 19.7 Å². The summed E-state index contributed by atoms with van der Waals surface area (Å²) in [5.74, 6) is -0.299. The Morgan fingerprint density at radius 3 is 1.45 bits per heavy atom. The summed E-state index contributed by atoms with van der Waals surface area (Å²) in [4.78, 5) is 53.2. The van der Waals surface area contributed by atoms with Crippen molar-refractivity contribution in [3.63, 3.8) is 0 Å². The van der Waals surface area contributed by atoms with Gasteiger partial charge in [-0.2, -0.15) is 0 Å². The number of rotatable bonds is 48. The molecule has 1 N–H and O–H groups in total. The fourth-order valence-corrected chi connectivity index (χ4v) is 8.97. The van der Waals surface area contributed by atoms with Crippen LogP contribution in [-0.4, -0.2) is 67.9 Å². The number of Topliss-reactive ketones (excluding diaryl/α,β-unsaturated/α-hetero) is 1. The van der Waals surface area contributed by atoms with E-state index in [-0.39, 0.29) is 17.9 Å². The van der Waals surface area contributed by atoms with Crippen molar-refractivity contribution < 1.29 is 28.7 Å². The van der Waals surface area contributed by atoms with E-state index in [9.17, 15) is 19.2 Å². The lowest BCUT2D eigenvalue weighted by Crippen LogP contribution is -2.34. The Bertz CT molecular complexity index is 1250. The number of esters is 2. The third-order valence-electron chi connectivity index (χ3n) is 13.3. The average molecular weight is 911 g/mol. The standard InChI is InChI=1S/C57H102N2O6/c1-5-9-13-17-20-29-42-53(41-28-16-12-8-4)57(63)65-50-35-24-19-22-33-47-59(48-36-45-58-56(62)55(61)52-39-30-25-31-40-52)46-32-21-18-23-34-49-64-54(60)44-43-51(37-26-14-10-6-2)38-27-15-11-7-3/h25,30-31,39-40,51,53H,5-24,26-29,32-38,41-50H2,1-4H3,(H,58,62). The molecule has 0 aromatic heterocycles. The molecule has 0 aliphatic carbocycles. The number of benzene rings is 1. The van der Waals surface area contributed by atoms with Crippen LogP contribution in [0.1, 0.15) is 263 Å². The van der Waals surface area contributed by atoms with Crippen LogP contribution in [0.4, 0.5) is 0 Å². The van der Waals surface area contributed by atoms with Crippen LogP contribution in [0.5, 0.6) is 0 Å². The quantitative estimate of drug-likeness (QED) is 0.0301. The highest BCUT2D eigenvalue weighted by Crippen LogP contribution is 2.24. The number of ether oxygens (including phenoxy) is 2. The highest BCUT2D eigenvalue weighted by molar-refractivity contribution is 6.42. The summed E-state index contributed by atoms with van der Waals surface area (Å²) < 4.78 is 11.5. The van der Waals surface area contributed by atoms with Gasteiger partial charge in [0.15, 0.2) is 0 Å². The molecule has 0 aliphatic rings. The number of nitrogens with one attached hydrogen (secondary N) is 1. The number of unbranched alkanes of at least 4 members (excludes halogenated alkanes) is 22. The zero-order valence-electron chi connectivity index (χ0n) is 42.9. The monoisotopic (exact) mass is 911 g/mol. The van der Waals surface area contributed by atoms with E-state index in [1.54, 1.807) is 24.3 Å². The maximum Gasteiger partial charge on any atom is 0.308 e. The number of hydrogen-bond acceptors (Lipinski definition) is 7. The topological polar surface area (TPSA) is 102 Å². The van der Waals surface area contributed by atoms with Crippen LogP contribution in [-0.2, 0) is 23.9 Å². The van der Waals surface area contributed by atoms with Crippen LogP contribution in [0, 0.1) is 11.8 Å². The predicted octanol–water partition coefficient (Wildman–Crippen LogP) is 15.3. The summed E-state index contributed by atoms with van der Waals surface area (Å²) in [5.41, 5.74) is 0.415. The van der Waals surface area contributed by atoms with E-state index in [4.69, 9.17) is 9.47 Å². The number of ketones is 1. The normalized spacial score (nSPS) is 11.9. The molecular weight excluding hydrogens is 809 g/mol. The molecule has 0 saturated heterocycles.